The molecule has 1 aromatic heterocycles. The van der Waals surface area contributed by atoms with Crippen molar-refractivity contribution in [2.45, 2.75) is 31.8 Å². The van der Waals surface area contributed by atoms with Gasteiger partial charge in [-0.25, -0.2) is 4.79 Å². The summed E-state index contributed by atoms with van der Waals surface area (Å²) >= 11 is 0. The summed E-state index contributed by atoms with van der Waals surface area (Å²) in [4.78, 5) is 12.0. The largest absolute Gasteiger partial charge is 0.494 e. The Morgan fingerprint density at radius 1 is 1.16 bits per heavy atom. The number of imidazole rings is 1. The molecule has 1 heterocycles. The Kier molecular flexibility index (Phi) is 3.40. The van der Waals surface area contributed by atoms with Crippen molar-refractivity contribution in [2.24, 2.45) is 0 Å². The van der Waals surface area contributed by atoms with Crippen molar-refractivity contribution in [3.63, 3.8) is 0 Å². The smallest absolute Gasteiger partial charge is 0.328 e. The number of ether oxygens (including phenoxy) is 1. The molecule has 0 aliphatic heterocycles. The van der Waals surface area contributed by atoms with Crippen LogP contribution in [0.2, 0.25) is 0 Å². The number of para-hydroxylation sites is 1. The number of hydrogen-bond acceptors (Lipinski definition) is 2. The van der Waals surface area contributed by atoms with Crippen molar-refractivity contribution in [3.8, 4) is 5.75 Å². The van der Waals surface area contributed by atoms with E-state index in [9.17, 15) is 4.79 Å². The molecule has 0 spiro atoms. The highest BCUT2D eigenvalue weighted by atomic mass is 16.5. The van der Waals surface area contributed by atoms with Gasteiger partial charge in [-0.1, -0.05) is 18.2 Å². The van der Waals surface area contributed by atoms with E-state index in [1.54, 1.807) is 4.57 Å². The fourth-order valence-electron chi connectivity index (χ4n) is 2.17. The summed E-state index contributed by atoms with van der Waals surface area (Å²) in [6.45, 7) is 1.34. The topological polar surface area (TPSA) is 36.2 Å². The molecule has 2 aromatic rings. The van der Waals surface area contributed by atoms with Gasteiger partial charge < -0.3 is 4.74 Å². The first-order valence-corrected chi connectivity index (χ1v) is 6.80. The van der Waals surface area contributed by atoms with E-state index in [-0.39, 0.29) is 5.69 Å². The summed E-state index contributed by atoms with van der Waals surface area (Å²) in [5.41, 5.74) is 0.113. The third-order valence-corrected chi connectivity index (χ3v) is 3.37. The SMILES string of the molecule is O=c1n(CCCOc2ccccc2)ccn1C1CC1. The molecule has 100 valence electrons. The second kappa shape index (κ2) is 5.34. The number of rotatable bonds is 6. The van der Waals surface area contributed by atoms with Crippen LogP contribution in [-0.4, -0.2) is 15.7 Å². The summed E-state index contributed by atoms with van der Waals surface area (Å²) in [5, 5.41) is 0. The second-order valence-corrected chi connectivity index (χ2v) is 4.93. The molecule has 4 nitrogen and oxygen atoms in total. The fraction of sp³-hybridized carbons (Fsp3) is 0.400. The lowest BCUT2D eigenvalue weighted by molar-refractivity contribution is 0.300. The number of hydrogen-bond donors (Lipinski definition) is 0. The minimum atomic E-state index is 0.113. The first-order valence-electron chi connectivity index (χ1n) is 6.80. The number of nitrogens with zero attached hydrogens (tertiary/aromatic N) is 2. The maximum atomic E-state index is 12.0. The summed E-state index contributed by atoms with van der Waals surface area (Å²) in [6.07, 6.45) is 6.90. The fourth-order valence-corrected chi connectivity index (χ4v) is 2.17. The van der Waals surface area contributed by atoms with E-state index in [1.165, 1.54) is 0 Å². The van der Waals surface area contributed by atoms with Crippen LogP contribution in [0.25, 0.3) is 0 Å². The Morgan fingerprint density at radius 2 is 1.95 bits per heavy atom. The van der Waals surface area contributed by atoms with Gasteiger partial charge in [-0.05, 0) is 31.4 Å². The average molecular weight is 258 g/mol. The third kappa shape index (κ3) is 2.89. The zero-order valence-corrected chi connectivity index (χ0v) is 10.9. The molecule has 19 heavy (non-hydrogen) atoms. The zero-order chi connectivity index (χ0) is 13.1. The van der Waals surface area contributed by atoms with Crippen LogP contribution in [0.5, 0.6) is 5.75 Å². The first-order chi connectivity index (χ1) is 9.34. The average Bonchev–Trinajstić information content (AvgIpc) is 3.21. The van der Waals surface area contributed by atoms with Gasteiger partial charge in [0.1, 0.15) is 5.75 Å². The highest BCUT2D eigenvalue weighted by Crippen LogP contribution is 2.33. The highest BCUT2D eigenvalue weighted by Gasteiger charge is 2.25. The third-order valence-electron chi connectivity index (χ3n) is 3.37. The van der Waals surface area contributed by atoms with Crippen molar-refractivity contribution >= 4 is 0 Å². The van der Waals surface area contributed by atoms with Crippen molar-refractivity contribution in [2.75, 3.05) is 6.61 Å². The van der Waals surface area contributed by atoms with E-state index >= 15 is 0 Å². The Morgan fingerprint density at radius 3 is 2.68 bits per heavy atom. The van der Waals surface area contributed by atoms with E-state index in [0.29, 0.717) is 19.2 Å². The Bertz CT molecular complexity index is 582. The van der Waals surface area contributed by atoms with E-state index in [0.717, 1.165) is 25.0 Å². The number of aromatic nitrogens is 2. The molecule has 0 atom stereocenters. The van der Waals surface area contributed by atoms with Gasteiger partial charge in [0.2, 0.25) is 0 Å². The van der Waals surface area contributed by atoms with Crippen molar-refractivity contribution < 1.29 is 4.74 Å². The summed E-state index contributed by atoms with van der Waals surface area (Å²) in [7, 11) is 0. The minimum Gasteiger partial charge on any atom is -0.494 e. The number of benzene rings is 1. The molecule has 1 saturated carbocycles. The molecule has 1 fully saturated rings. The van der Waals surface area contributed by atoms with Crippen LogP contribution in [0.1, 0.15) is 25.3 Å². The van der Waals surface area contributed by atoms with Crippen LogP contribution in [0, 0.1) is 0 Å². The molecule has 0 unspecified atom stereocenters. The molecule has 1 aromatic carbocycles. The van der Waals surface area contributed by atoms with Crippen molar-refractivity contribution in [3.05, 3.63) is 53.2 Å². The van der Waals surface area contributed by atoms with E-state index in [4.69, 9.17) is 4.74 Å². The van der Waals surface area contributed by atoms with Gasteiger partial charge in [-0.2, -0.15) is 0 Å². The molecule has 1 aliphatic carbocycles. The van der Waals surface area contributed by atoms with E-state index in [2.05, 4.69) is 0 Å². The standard InChI is InChI=1S/C15H18N2O2/c18-15-16(10-11-17(15)13-7-8-13)9-4-12-19-14-5-2-1-3-6-14/h1-3,5-6,10-11,13H,4,7-9,12H2. The quantitative estimate of drug-likeness (QED) is 0.746. The van der Waals surface area contributed by atoms with Gasteiger partial charge in [0, 0.05) is 25.0 Å². The molecular weight excluding hydrogens is 240 g/mol. The minimum absolute atomic E-state index is 0.113. The van der Waals surface area contributed by atoms with Crippen LogP contribution >= 0.6 is 0 Å². The molecule has 0 amide bonds. The Balaban J connectivity index is 1.49. The lowest BCUT2D eigenvalue weighted by atomic mass is 10.3. The van der Waals surface area contributed by atoms with Crippen LogP contribution in [-0.2, 0) is 6.54 Å². The van der Waals surface area contributed by atoms with E-state index < -0.39 is 0 Å². The van der Waals surface area contributed by atoms with Crippen molar-refractivity contribution in [1.29, 1.82) is 0 Å². The van der Waals surface area contributed by atoms with E-state index in [1.807, 2.05) is 47.3 Å². The lowest BCUT2D eigenvalue weighted by Crippen LogP contribution is -2.24. The molecule has 0 bridgehead atoms. The Hall–Kier alpha value is -1.97. The maximum absolute atomic E-state index is 12.0. The normalized spacial score (nSPS) is 14.5. The molecule has 0 saturated heterocycles. The first kappa shape index (κ1) is 12.1. The predicted octanol–water partition coefficient (Wildman–Crippen LogP) is 2.45. The van der Waals surface area contributed by atoms with Crippen LogP contribution < -0.4 is 10.4 Å². The summed E-state index contributed by atoms with van der Waals surface area (Å²) in [6, 6.07) is 10.2. The monoisotopic (exact) mass is 258 g/mol. The van der Waals surface area contributed by atoms with Crippen LogP contribution in [0.4, 0.5) is 0 Å². The van der Waals surface area contributed by atoms with Gasteiger partial charge in [-0.15, -0.1) is 0 Å². The summed E-state index contributed by atoms with van der Waals surface area (Å²) in [5.74, 6) is 0.880. The van der Waals surface area contributed by atoms with Crippen LogP contribution in [0.15, 0.2) is 47.5 Å². The van der Waals surface area contributed by atoms with Gasteiger partial charge in [-0.3, -0.25) is 9.13 Å². The molecule has 1 aliphatic rings. The highest BCUT2D eigenvalue weighted by molar-refractivity contribution is 5.20. The lowest BCUT2D eigenvalue weighted by Gasteiger charge is -2.05. The maximum Gasteiger partial charge on any atom is 0.328 e. The molecule has 0 N–H and O–H groups in total. The van der Waals surface area contributed by atoms with Crippen molar-refractivity contribution in [1.82, 2.24) is 9.13 Å². The summed E-state index contributed by atoms with van der Waals surface area (Å²) < 4.78 is 9.23. The van der Waals surface area contributed by atoms with Gasteiger partial charge >= 0.3 is 5.69 Å². The second-order valence-electron chi connectivity index (χ2n) is 4.93. The Labute approximate surface area is 112 Å². The van der Waals surface area contributed by atoms with Crippen LogP contribution in [0.3, 0.4) is 0 Å². The molecule has 0 radical (unpaired) electrons. The number of aryl methyl sites for hydroxylation is 1. The zero-order valence-electron chi connectivity index (χ0n) is 10.9. The van der Waals surface area contributed by atoms with Gasteiger partial charge in [0.25, 0.3) is 0 Å². The van der Waals surface area contributed by atoms with Gasteiger partial charge in [0.15, 0.2) is 0 Å². The molecular formula is C15H18N2O2. The molecule has 4 heteroatoms. The predicted molar refractivity (Wildman–Crippen MR) is 73.5 cm³/mol. The van der Waals surface area contributed by atoms with Gasteiger partial charge in [0.05, 0.1) is 6.61 Å². The molecule has 3 rings (SSSR count).